The maximum atomic E-state index is 12.6. The average Bonchev–Trinajstić information content (AvgIpc) is 2.98. The van der Waals surface area contributed by atoms with Crippen molar-refractivity contribution in [1.29, 1.82) is 0 Å². The lowest BCUT2D eigenvalue weighted by Crippen LogP contribution is -2.32. The van der Waals surface area contributed by atoms with E-state index in [1.807, 2.05) is 31.2 Å². The molecule has 0 saturated carbocycles. The number of nitrogens with zero attached hydrogens (tertiary/aromatic N) is 1. The molecule has 0 amide bonds. The maximum Gasteiger partial charge on any atom is 0.304 e. The van der Waals surface area contributed by atoms with Crippen LogP contribution in [0.25, 0.3) is 0 Å². The van der Waals surface area contributed by atoms with Crippen molar-refractivity contribution < 1.29 is 18.3 Å². The zero-order valence-corrected chi connectivity index (χ0v) is 13.7. The van der Waals surface area contributed by atoms with Gasteiger partial charge in [0.15, 0.2) is 0 Å². The fraction of sp³-hybridized carbons (Fsp3) is 0.267. The van der Waals surface area contributed by atoms with E-state index in [1.165, 1.54) is 10.4 Å². The van der Waals surface area contributed by atoms with E-state index in [0.717, 1.165) is 22.5 Å². The Kier molecular flexibility index (Phi) is 5.33. The first-order chi connectivity index (χ1) is 10.4. The number of sulfonamides is 1. The van der Waals surface area contributed by atoms with Crippen LogP contribution in [0.5, 0.6) is 0 Å². The second-order valence-electron chi connectivity index (χ2n) is 4.90. The van der Waals surface area contributed by atoms with Crippen LogP contribution in [0.3, 0.4) is 0 Å². The number of benzene rings is 1. The lowest BCUT2D eigenvalue weighted by atomic mass is 10.1. The number of carboxylic acid groups (broad SMARTS) is 1. The molecule has 2 rings (SSSR count). The highest BCUT2D eigenvalue weighted by atomic mass is 32.2. The van der Waals surface area contributed by atoms with E-state index in [0.29, 0.717) is 0 Å². The molecule has 0 unspecified atom stereocenters. The van der Waals surface area contributed by atoms with Gasteiger partial charge in [-0.1, -0.05) is 35.9 Å². The predicted molar refractivity (Wildman–Crippen MR) is 85.3 cm³/mol. The number of aliphatic carboxylic acids is 1. The molecule has 1 aromatic carbocycles. The van der Waals surface area contributed by atoms with Crippen LogP contribution in [0.1, 0.15) is 17.5 Å². The molecule has 1 N–H and O–H groups in total. The number of rotatable bonds is 7. The van der Waals surface area contributed by atoms with Crippen molar-refractivity contribution in [3.05, 3.63) is 52.9 Å². The first kappa shape index (κ1) is 16.7. The normalized spacial score (nSPS) is 11.7. The van der Waals surface area contributed by atoms with E-state index in [2.05, 4.69) is 0 Å². The van der Waals surface area contributed by atoms with Gasteiger partial charge in [0.25, 0.3) is 10.0 Å². The monoisotopic (exact) mass is 339 g/mol. The Labute approximate surface area is 133 Å². The summed E-state index contributed by atoms with van der Waals surface area (Å²) < 4.78 is 26.7. The van der Waals surface area contributed by atoms with Crippen LogP contribution in [0, 0.1) is 6.92 Å². The number of hydrogen-bond acceptors (Lipinski definition) is 4. The van der Waals surface area contributed by atoms with Crippen molar-refractivity contribution in [3.63, 3.8) is 0 Å². The summed E-state index contributed by atoms with van der Waals surface area (Å²) in [5.41, 5.74) is 1.87. The van der Waals surface area contributed by atoms with Gasteiger partial charge in [-0.2, -0.15) is 4.31 Å². The highest BCUT2D eigenvalue weighted by Gasteiger charge is 2.26. The van der Waals surface area contributed by atoms with E-state index in [9.17, 15) is 13.2 Å². The highest BCUT2D eigenvalue weighted by Crippen LogP contribution is 2.23. The quantitative estimate of drug-likeness (QED) is 0.841. The van der Waals surface area contributed by atoms with Crippen LogP contribution < -0.4 is 0 Å². The van der Waals surface area contributed by atoms with Crippen LogP contribution in [0.4, 0.5) is 0 Å². The molecule has 0 atom stereocenters. The number of hydrogen-bond donors (Lipinski definition) is 1. The molecule has 0 radical (unpaired) electrons. The summed E-state index contributed by atoms with van der Waals surface area (Å²) in [6.45, 7) is 2.04. The Morgan fingerprint density at radius 3 is 2.64 bits per heavy atom. The summed E-state index contributed by atoms with van der Waals surface area (Å²) in [6, 6.07) is 10.7. The average molecular weight is 339 g/mol. The summed E-state index contributed by atoms with van der Waals surface area (Å²) >= 11 is 1.13. The first-order valence-corrected chi connectivity index (χ1v) is 9.02. The third kappa shape index (κ3) is 4.16. The van der Waals surface area contributed by atoms with Crippen molar-refractivity contribution in [3.8, 4) is 0 Å². The lowest BCUT2D eigenvalue weighted by Gasteiger charge is -2.21. The van der Waals surface area contributed by atoms with Gasteiger partial charge in [0, 0.05) is 13.1 Å². The SMILES string of the molecule is Cc1cccc(CN(CCC(=O)O)S(=O)(=O)c2cccs2)c1. The van der Waals surface area contributed by atoms with Crippen molar-refractivity contribution in [2.75, 3.05) is 6.54 Å². The number of aryl methyl sites for hydroxylation is 1. The minimum atomic E-state index is -3.68. The van der Waals surface area contributed by atoms with Gasteiger partial charge < -0.3 is 5.11 Å². The molecule has 0 aliphatic rings. The molecule has 22 heavy (non-hydrogen) atoms. The van der Waals surface area contributed by atoms with E-state index in [1.54, 1.807) is 11.4 Å². The predicted octanol–water partition coefficient (Wildman–Crippen LogP) is 2.72. The Bertz CT molecular complexity index is 739. The van der Waals surface area contributed by atoms with Gasteiger partial charge >= 0.3 is 5.97 Å². The number of thiophene rings is 1. The Balaban J connectivity index is 2.28. The zero-order chi connectivity index (χ0) is 16.2. The smallest absolute Gasteiger partial charge is 0.304 e. The van der Waals surface area contributed by atoms with E-state index in [4.69, 9.17) is 5.11 Å². The van der Waals surface area contributed by atoms with Gasteiger partial charge in [0.05, 0.1) is 6.42 Å². The molecule has 0 bridgehead atoms. The Morgan fingerprint density at radius 1 is 1.27 bits per heavy atom. The minimum Gasteiger partial charge on any atom is -0.481 e. The van der Waals surface area contributed by atoms with Crippen molar-refractivity contribution in [1.82, 2.24) is 4.31 Å². The lowest BCUT2D eigenvalue weighted by molar-refractivity contribution is -0.137. The van der Waals surface area contributed by atoms with E-state index in [-0.39, 0.29) is 23.7 Å². The van der Waals surface area contributed by atoms with Crippen molar-refractivity contribution >= 4 is 27.3 Å². The maximum absolute atomic E-state index is 12.6. The third-order valence-corrected chi connectivity index (χ3v) is 6.32. The molecule has 2 aromatic rings. The summed E-state index contributed by atoms with van der Waals surface area (Å²) in [4.78, 5) is 10.8. The van der Waals surface area contributed by atoms with Gasteiger partial charge in [-0.25, -0.2) is 8.42 Å². The van der Waals surface area contributed by atoms with Crippen LogP contribution in [-0.2, 0) is 21.4 Å². The fourth-order valence-electron chi connectivity index (χ4n) is 2.06. The molecule has 5 nitrogen and oxygen atoms in total. The Morgan fingerprint density at radius 2 is 2.05 bits per heavy atom. The Hall–Kier alpha value is -1.70. The van der Waals surface area contributed by atoms with Gasteiger partial charge in [0.2, 0.25) is 0 Å². The molecule has 1 heterocycles. The van der Waals surface area contributed by atoms with Gasteiger partial charge in [-0.3, -0.25) is 4.79 Å². The standard InChI is InChI=1S/C15H17NO4S2/c1-12-4-2-5-13(10-12)11-16(8-7-14(17)18)22(19,20)15-6-3-9-21-15/h2-6,9-10H,7-8,11H2,1H3,(H,17,18). The van der Waals surface area contributed by atoms with Crippen LogP contribution in [-0.4, -0.2) is 30.3 Å². The van der Waals surface area contributed by atoms with Crippen LogP contribution >= 0.6 is 11.3 Å². The molecule has 0 saturated heterocycles. The van der Waals surface area contributed by atoms with E-state index >= 15 is 0 Å². The minimum absolute atomic E-state index is 0.0521. The van der Waals surface area contributed by atoms with Gasteiger partial charge in [-0.05, 0) is 23.9 Å². The van der Waals surface area contributed by atoms with Gasteiger partial charge in [-0.15, -0.1) is 11.3 Å². The van der Waals surface area contributed by atoms with Crippen LogP contribution in [0.2, 0.25) is 0 Å². The molecule has 0 spiro atoms. The molecule has 118 valence electrons. The van der Waals surface area contributed by atoms with Gasteiger partial charge in [0.1, 0.15) is 4.21 Å². The van der Waals surface area contributed by atoms with Crippen molar-refractivity contribution in [2.24, 2.45) is 0 Å². The molecule has 0 fully saturated rings. The number of carbonyl (C=O) groups is 1. The largest absolute Gasteiger partial charge is 0.481 e. The topological polar surface area (TPSA) is 74.7 Å². The fourth-order valence-corrected chi connectivity index (χ4v) is 4.63. The first-order valence-electron chi connectivity index (χ1n) is 6.70. The summed E-state index contributed by atoms with van der Waals surface area (Å²) in [7, 11) is -3.68. The second kappa shape index (κ2) is 7.04. The molecule has 0 aliphatic carbocycles. The molecular weight excluding hydrogens is 322 g/mol. The van der Waals surface area contributed by atoms with Crippen LogP contribution in [0.15, 0.2) is 46.0 Å². The molecule has 0 aliphatic heterocycles. The summed E-state index contributed by atoms with van der Waals surface area (Å²) in [5, 5.41) is 10.5. The zero-order valence-electron chi connectivity index (χ0n) is 12.1. The second-order valence-corrected chi connectivity index (χ2v) is 8.02. The summed E-state index contributed by atoms with van der Waals surface area (Å²) in [5.74, 6) is -1.02. The van der Waals surface area contributed by atoms with E-state index < -0.39 is 16.0 Å². The highest BCUT2D eigenvalue weighted by molar-refractivity contribution is 7.91. The summed E-state index contributed by atoms with van der Waals surface area (Å²) in [6.07, 6.45) is -0.226. The molecular formula is C15H17NO4S2. The van der Waals surface area contributed by atoms with Crippen molar-refractivity contribution in [2.45, 2.75) is 24.1 Å². The molecule has 7 heteroatoms. The number of carboxylic acids is 1. The third-order valence-electron chi connectivity index (χ3n) is 3.11. The molecule has 1 aromatic heterocycles.